The van der Waals surface area contributed by atoms with Crippen molar-refractivity contribution in [2.45, 2.75) is 37.7 Å². The zero-order chi connectivity index (χ0) is 26.3. The van der Waals surface area contributed by atoms with Gasteiger partial charge in [0, 0.05) is 44.6 Å². The molecule has 1 aliphatic rings. The van der Waals surface area contributed by atoms with Crippen LogP contribution >= 0.6 is 23.2 Å². The number of hydrogen-bond donors (Lipinski definition) is 0. The topological polar surface area (TPSA) is 40.6 Å². The van der Waals surface area contributed by atoms with E-state index in [2.05, 4.69) is 0 Å². The number of halogens is 8. The van der Waals surface area contributed by atoms with E-state index in [4.69, 9.17) is 23.2 Å². The molecule has 12 heteroatoms. The smallest absolute Gasteiger partial charge is 0.342 e. The largest absolute Gasteiger partial charge is 0.416 e. The van der Waals surface area contributed by atoms with Gasteiger partial charge in [0.25, 0.3) is 5.91 Å². The predicted molar refractivity (Wildman–Crippen MR) is 118 cm³/mol. The maximum atomic E-state index is 13.3. The number of hydrogen-bond acceptors (Lipinski definition) is 2. The monoisotopic (exact) mass is 540 g/mol. The zero-order valence-corrected chi connectivity index (χ0v) is 20.0. The highest BCUT2D eigenvalue weighted by Gasteiger charge is 2.40. The summed E-state index contributed by atoms with van der Waals surface area (Å²) in [4.78, 5) is 27.8. The summed E-state index contributed by atoms with van der Waals surface area (Å²) in [5, 5.41) is 0.504. The molecule has 2 amide bonds. The summed E-state index contributed by atoms with van der Waals surface area (Å²) in [6.07, 6.45) is -9.91. The summed E-state index contributed by atoms with van der Waals surface area (Å²) in [6, 6.07) is 4.91. The second kappa shape index (κ2) is 9.89. The number of likely N-dealkylation sites (tertiary alicyclic amines) is 1. The van der Waals surface area contributed by atoms with Crippen molar-refractivity contribution in [1.82, 2.24) is 9.80 Å². The molecule has 1 fully saturated rings. The van der Waals surface area contributed by atoms with Crippen molar-refractivity contribution in [1.29, 1.82) is 0 Å². The third-order valence-corrected chi connectivity index (χ3v) is 6.78. The van der Waals surface area contributed by atoms with Gasteiger partial charge in [0.05, 0.1) is 21.2 Å². The quantitative estimate of drug-likeness (QED) is 0.416. The Bertz CT molecular complexity index is 1100. The van der Waals surface area contributed by atoms with E-state index >= 15 is 0 Å². The van der Waals surface area contributed by atoms with Crippen molar-refractivity contribution >= 4 is 35.0 Å². The Morgan fingerprint density at radius 3 is 2.00 bits per heavy atom. The van der Waals surface area contributed by atoms with E-state index in [1.165, 1.54) is 20.0 Å². The Kier molecular flexibility index (Phi) is 7.67. The molecule has 1 saturated heterocycles. The lowest BCUT2D eigenvalue weighted by Crippen LogP contribution is -2.51. The van der Waals surface area contributed by atoms with Crippen LogP contribution in [0, 0.1) is 0 Å². The number of likely N-dealkylation sites (N-methyl/N-ethyl adjacent to an activating group) is 1. The van der Waals surface area contributed by atoms with Crippen molar-refractivity contribution < 1.29 is 35.9 Å². The van der Waals surface area contributed by atoms with Crippen molar-refractivity contribution in [2.24, 2.45) is 0 Å². The number of rotatable bonds is 3. The molecule has 1 heterocycles. The lowest BCUT2D eigenvalue weighted by atomic mass is 9.84. The van der Waals surface area contributed by atoms with E-state index in [1.807, 2.05) is 0 Å². The van der Waals surface area contributed by atoms with E-state index in [9.17, 15) is 35.9 Å². The van der Waals surface area contributed by atoms with Gasteiger partial charge < -0.3 is 9.80 Å². The second-order valence-corrected chi connectivity index (χ2v) is 9.13. The van der Waals surface area contributed by atoms with Crippen LogP contribution in [-0.4, -0.2) is 47.8 Å². The Labute approximate surface area is 207 Å². The van der Waals surface area contributed by atoms with Crippen LogP contribution in [-0.2, 0) is 17.1 Å². The highest BCUT2D eigenvalue weighted by molar-refractivity contribution is 6.42. The van der Waals surface area contributed by atoms with E-state index in [1.54, 1.807) is 17.0 Å². The van der Waals surface area contributed by atoms with Crippen LogP contribution in [0.1, 0.15) is 46.3 Å². The first-order valence-electron chi connectivity index (χ1n) is 10.4. The molecular formula is C23H20Cl2F6N2O2. The summed E-state index contributed by atoms with van der Waals surface area (Å²) >= 11 is 12.1. The third-order valence-electron chi connectivity index (χ3n) is 6.05. The van der Waals surface area contributed by atoms with Crippen LogP contribution in [0.25, 0.3) is 0 Å². The fourth-order valence-corrected chi connectivity index (χ4v) is 4.50. The highest BCUT2D eigenvalue weighted by atomic mass is 35.5. The molecule has 2 aromatic carbocycles. The first kappa shape index (κ1) is 27.1. The molecule has 3 rings (SSSR count). The number of amides is 2. The zero-order valence-electron chi connectivity index (χ0n) is 18.5. The van der Waals surface area contributed by atoms with Gasteiger partial charge in [0.2, 0.25) is 5.91 Å². The number of benzene rings is 2. The Balaban J connectivity index is 2.02. The molecule has 0 aliphatic carbocycles. The predicted octanol–water partition coefficient (Wildman–Crippen LogP) is 6.51. The molecule has 190 valence electrons. The minimum atomic E-state index is -5.08. The molecule has 0 N–H and O–H groups in total. The number of piperidine rings is 1. The van der Waals surface area contributed by atoms with Crippen molar-refractivity contribution in [3.05, 3.63) is 68.7 Å². The molecule has 2 aromatic rings. The molecule has 0 saturated carbocycles. The summed E-state index contributed by atoms with van der Waals surface area (Å²) in [5.74, 6) is -1.73. The molecule has 1 aliphatic heterocycles. The molecule has 0 radical (unpaired) electrons. The van der Waals surface area contributed by atoms with E-state index in [0.717, 1.165) is 4.90 Å². The Morgan fingerprint density at radius 1 is 0.943 bits per heavy atom. The van der Waals surface area contributed by atoms with Crippen LogP contribution in [0.2, 0.25) is 10.0 Å². The maximum Gasteiger partial charge on any atom is 0.416 e. The molecule has 4 nitrogen and oxygen atoms in total. The fourth-order valence-electron chi connectivity index (χ4n) is 4.19. The molecule has 0 spiro atoms. The van der Waals surface area contributed by atoms with Crippen molar-refractivity contribution in [3.63, 3.8) is 0 Å². The molecule has 35 heavy (non-hydrogen) atoms. The van der Waals surface area contributed by atoms with Crippen molar-refractivity contribution in [2.75, 3.05) is 20.1 Å². The van der Waals surface area contributed by atoms with Crippen LogP contribution in [0.5, 0.6) is 0 Å². The highest BCUT2D eigenvalue weighted by Crippen LogP contribution is 2.38. The van der Waals surface area contributed by atoms with Gasteiger partial charge in [-0.05, 0) is 42.3 Å². The number of nitrogens with zero attached hydrogens (tertiary/aromatic N) is 2. The summed E-state index contributed by atoms with van der Waals surface area (Å²) in [6.45, 7) is 1.81. The van der Waals surface area contributed by atoms with Crippen LogP contribution in [0.15, 0.2) is 36.4 Å². The van der Waals surface area contributed by atoms with E-state index < -0.39 is 46.9 Å². The van der Waals surface area contributed by atoms with Gasteiger partial charge in [-0.15, -0.1) is 0 Å². The van der Waals surface area contributed by atoms with E-state index in [-0.39, 0.29) is 41.5 Å². The van der Waals surface area contributed by atoms with Crippen LogP contribution in [0.4, 0.5) is 26.3 Å². The van der Waals surface area contributed by atoms with Gasteiger partial charge in [0.15, 0.2) is 0 Å². The molecule has 0 bridgehead atoms. The van der Waals surface area contributed by atoms with Gasteiger partial charge in [-0.1, -0.05) is 29.3 Å². The first-order chi connectivity index (χ1) is 16.1. The third kappa shape index (κ3) is 6.03. The van der Waals surface area contributed by atoms with Gasteiger partial charge in [-0.25, -0.2) is 0 Å². The minimum Gasteiger partial charge on any atom is -0.342 e. The number of carbonyl (C=O) groups is 2. The average molecular weight is 541 g/mol. The molecule has 0 aromatic heterocycles. The Hall–Kier alpha value is -2.46. The SMILES string of the molecule is CC(=O)N1CCC(N(C)C(=O)c2cc(C(F)(F)F)cc(C(F)(F)F)c2)C(c2ccc(Cl)c(Cl)c2)C1. The normalized spacial score (nSPS) is 19.0. The number of carbonyl (C=O) groups excluding carboxylic acids is 2. The standard InChI is InChI=1S/C23H20Cl2F6N2O2/c1-12(34)33-6-5-20(17(11-33)13-3-4-18(24)19(25)9-13)32(2)21(35)14-7-15(22(26,27)28)10-16(8-14)23(29,30)31/h3-4,7-10,17,20H,5-6,11H2,1-2H3. The number of alkyl halides is 6. The first-order valence-corrected chi connectivity index (χ1v) is 11.1. The summed E-state index contributed by atoms with van der Waals surface area (Å²) in [7, 11) is 1.31. The molecular weight excluding hydrogens is 521 g/mol. The summed E-state index contributed by atoms with van der Waals surface area (Å²) in [5.41, 5.74) is -3.26. The van der Waals surface area contributed by atoms with Gasteiger partial charge in [-0.2, -0.15) is 26.3 Å². The van der Waals surface area contributed by atoms with Gasteiger partial charge in [-0.3, -0.25) is 9.59 Å². The maximum absolute atomic E-state index is 13.3. The van der Waals surface area contributed by atoms with Crippen LogP contribution < -0.4 is 0 Å². The lowest BCUT2D eigenvalue weighted by Gasteiger charge is -2.43. The lowest BCUT2D eigenvalue weighted by molar-refractivity contribution is -0.143. The minimum absolute atomic E-state index is 0.0271. The molecule has 2 unspecified atom stereocenters. The fraction of sp³-hybridized carbons (Fsp3) is 0.391. The molecule has 2 atom stereocenters. The summed E-state index contributed by atoms with van der Waals surface area (Å²) < 4.78 is 79.6. The second-order valence-electron chi connectivity index (χ2n) is 8.31. The Morgan fingerprint density at radius 2 is 1.51 bits per heavy atom. The van der Waals surface area contributed by atoms with E-state index in [0.29, 0.717) is 17.7 Å². The van der Waals surface area contributed by atoms with Crippen molar-refractivity contribution in [3.8, 4) is 0 Å². The van der Waals surface area contributed by atoms with Gasteiger partial charge in [0.1, 0.15) is 0 Å². The average Bonchev–Trinajstić information content (AvgIpc) is 2.78. The van der Waals surface area contributed by atoms with Crippen LogP contribution in [0.3, 0.4) is 0 Å². The van der Waals surface area contributed by atoms with Gasteiger partial charge >= 0.3 is 12.4 Å².